The van der Waals surface area contributed by atoms with Crippen molar-refractivity contribution in [3.8, 4) is 0 Å². The molecule has 2 N–H and O–H groups in total. The van der Waals surface area contributed by atoms with Crippen molar-refractivity contribution in [2.45, 2.75) is 194 Å². The molecule has 0 radical (unpaired) electrons. The van der Waals surface area contributed by atoms with Crippen molar-refractivity contribution >= 4 is 0 Å². The second kappa shape index (κ2) is 33.7. The van der Waals surface area contributed by atoms with Gasteiger partial charge in [-0.05, 0) is 90.9 Å². The highest BCUT2D eigenvalue weighted by molar-refractivity contribution is 4.93. The van der Waals surface area contributed by atoms with Crippen molar-refractivity contribution in [3.05, 3.63) is 48.6 Å². The molecule has 0 fully saturated rings. The van der Waals surface area contributed by atoms with Crippen LogP contribution in [0.1, 0.15) is 182 Å². The van der Waals surface area contributed by atoms with Crippen LogP contribution in [0.15, 0.2) is 48.6 Å². The van der Waals surface area contributed by atoms with Crippen molar-refractivity contribution in [2.24, 2.45) is 5.73 Å². The van der Waals surface area contributed by atoms with Gasteiger partial charge in [0.15, 0.2) is 6.29 Å². The van der Waals surface area contributed by atoms with E-state index in [9.17, 15) is 0 Å². The maximum absolute atomic E-state index is 6.35. The lowest BCUT2D eigenvalue weighted by Crippen LogP contribution is -2.48. The first-order valence-electron chi connectivity index (χ1n) is 18.6. The first-order chi connectivity index (χ1) is 21.0. The van der Waals surface area contributed by atoms with Gasteiger partial charge in [0.25, 0.3) is 0 Å². The Morgan fingerprint density at radius 1 is 0.442 bits per heavy atom. The van der Waals surface area contributed by atoms with Gasteiger partial charge in [0, 0.05) is 13.2 Å². The van der Waals surface area contributed by atoms with Gasteiger partial charge < -0.3 is 15.2 Å². The lowest BCUT2D eigenvalue weighted by molar-refractivity contribution is -0.174. The van der Waals surface area contributed by atoms with E-state index in [1.54, 1.807) is 0 Å². The Balaban J connectivity index is 3.62. The predicted molar refractivity (Wildman–Crippen MR) is 193 cm³/mol. The number of hydrogen-bond donors (Lipinski definition) is 1. The van der Waals surface area contributed by atoms with Crippen LogP contribution in [0.3, 0.4) is 0 Å². The molecule has 0 amide bonds. The average Bonchev–Trinajstić information content (AvgIpc) is 2.98. The highest BCUT2D eigenvalue weighted by Crippen LogP contribution is 2.15. The molecule has 0 unspecified atom stereocenters. The van der Waals surface area contributed by atoms with Crippen LogP contribution in [0.5, 0.6) is 0 Å². The van der Waals surface area contributed by atoms with Gasteiger partial charge in [-0.3, -0.25) is 0 Å². The number of rotatable bonds is 33. The summed E-state index contributed by atoms with van der Waals surface area (Å²) in [5.74, 6) is 0. The number of hydrogen-bond acceptors (Lipinski definition) is 3. The summed E-state index contributed by atoms with van der Waals surface area (Å²) in [5.41, 5.74) is 5.88. The lowest BCUT2D eigenvalue weighted by Gasteiger charge is -2.30. The quantitative estimate of drug-likeness (QED) is 0.0462. The molecule has 43 heavy (non-hydrogen) atoms. The summed E-state index contributed by atoms with van der Waals surface area (Å²) in [6, 6.07) is 0. The van der Waals surface area contributed by atoms with E-state index in [2.05, 4.69) is 62.5 Å². The van der Waals surface area contributed by atoms with Crippen LogP contribution < -0.4 is 5.73 Å². The Labute approximate surface area is 270 Å². The van der Waals surface area contributed by atoms with Gasteiger partial charge in [0.1, 0.15) is 0 Å². The zero-order valence-electron chi connectivity index (χ0n) is 29.5. The molecule has 0 aliphatic carbocycles. The van der Waals surface area contributed by atoms with Gasteiger partial charge in [-0.15, -0.1) is 0 Å². The van der Waals surface area contributed by atoms with E-state index in [0.29, 0.717) is 0 Å². The monoisotopic (exact) mass is 602 g/mol. The molecule has 0 spiro atoms. The fraction of sp³-hybridized carbons (Fsp3) is 0.800. The van der Waals surface area contributed by atoms with Crippen molar-refractivity contribution in [1.82, 2.24) is 0 Å². The number of nitrogens with two attached hydrogens (primary N) is 1. The van der Waals surface area contributed by atoms with Crippen LogP contribution in [0.4, 0.5) is 0 Å². The van der Waals surface area contributed by atoms with Gasteiger partial charge in [0.2, 0.25) is 0 Å². The minimum absolute atomic E-state index is 0.316. The Hall–Kier alpha value is -1.16. The maximum Gasteiger partial charge on any atom is 0.174 e. The normalized spacial score (nSPS) is 12.9. The summed E-state index contributed by atoms with van der Waals surface area (Å²) in [5, 5.41) is 0. The molecule has 252 valence electrons. The summed E-state index contributed by atoms with van der Waals surface area (Å²) in [6.45, 7) is 10.0. The second-order valence-corrected chi connectivity index (χ2v) is 13.1. The van der Waals surface area contributed by atoms with Crippen LogP contribution in [-0.2, 0) is 9.47 Å². The van der Waals surface area contributed by atoms with Gasteiger partial charge in [-0.1, -0.05) is 140 Å². The van der Waals surface area contributed by atoms with Crippen LogP contribution in [0, 0.1) is 0 Å². The molecule has 0 bridgehead atoms. The largest absolute Gasteiger partial charge is 0.351 e. The molecule has 0 rings (SSSR count). The topological polar surface area (TPSA) is 44.5 Å². The van der Waals surface area contributed by atoms with Crippen LogP contribution in [0.25, 0.3) is 0 Å². The Morgan fingerprint density at radius 3 is 1.07 bits per heavy atom. The molecule has 0 atom stereocenters. The first-order valence-corrected chi connectivity index (χ1v) is 18.6. The van der Waals surface area contributed by atoms with E-state index in [-0.39, 0.29) is 6.29 Å². The SMILES string of the molecule is CCCCC/C=C\C/C=C\CCCCCCCCOC(OCCCCCCCC/C=C\C/C=C\CCCCC)C(C)(C)N. The predicted octanol–water partition coefficient (Wildman–Crippen LogP) is 12.7. The van der Waals surface area contributed by atoms with Gasteiger partial charge in [-0.2, -0.15) is 0 Å². The number of allylic oxidation sites excluding steroid dienone is 8. The molecule has 0 aliphatic rings. The minimum atomic E-state index is -0.475. The molecule has 0 heterocycles. The van der Waals surface area contributed by atoms with E-state index < -0.39 is 5.54 Å². The molecule has 0 aromatic rings. The van der Waals surface area contributed by atoms with Gasteiger partial charge >= 0.3 is 0 Å². The molecule has 0 aromatic heterocycles. The van der Waals surface area contributed by atoms with Crippen molar-refractivity contribution in [2.75, 3.05) is 13.2 Å². The summed E-state index contributed by atoms with van der Waals surface area (Å²) >= 11 is 0. The highest BCUT2D eigenvalue weighted by atomic mass is 16.7. The molecule has 0 saturated carbocycles. The minimum Gasteiger partial charge on any atom is -0.351 e. The third-order valence-electron chi connectivity index (χ3n) is 7.84. The third kappa shape index (κ3) is 33.6. The molecular formula is C40H75NO2. The summed E-state index contributed by atoms with van der Waals surface area (Å²) in [7, 11) is 0. The van der Waals surface area contributed by atoms with Crippen LogP contribution in [0.2, 0.25) is 0 Å². The molecule has 0 saturated heterocycles. The van der Waals surface area contributed by atoms with E-state index in [1.807, 2.05) is 13.8 Å². The summed E-state index contributed by atoms with van der Waals surface area (Å²) in [4.78, 5) is 0. The second-order valence-electron chi connectivity index (χ2n) is 13.1. The first kappa shape index (κ1) is 41.8. The zero-order valence-corrected chi connectivity index (χ0v) is 29.5. The number of ether oxygens (including phenoxy) is 2. The molecule has 0 aliphatic heterocycles. The summed E-state index contributed by atoms with van der Waals surface area (Å²) < 4.78 is 12.2. The van der Waals surface area contributed by atoms with Crippen LogP contribution in [-0.4, -0.2) is 25.0 Å². The van der Waals surface area contributed by atoms with Crippen molar-refractivity contribution < 1.29 is 9.47 Å². The van der Waals surface area contributed by atoms with E-state index in [1.165, 1.54) is 128 Å². The Kier molecular flexibility index (Phi) is 32.8. The highest BCUT2D eigenvalue weighted by Gasteiger charge is 2.26. The smallest absolute Gasteiger partial charge is 0.174 e. The Bertz CT molecular complexity index is 608. The molecule has 0 aromatic carbocycles. The van der Waals surface area contributed by atoms with Gasteiger partial charge in [0.05, 0.1) is 5.54 Å². The zero-order chi connectivity index (χ0) is 31.5. The standard InChI is InChI=1S/C40H75NO2/c1-5-7-9-11-13-15-17-19-21-23-25-27-29-31-33-35-37-42-39(40(3,4)41)43-38-36-34-32-30-28-26-24-22-20-18-16-14-12-10-8-6-2/h13-16,19-22,39H,5-12,17-18,23-38,41H2,1-4H3/b15-13-,16-14-,21-19-,22-20-. The maximum atomic E-state index is 6.35. The lowest BCUT2D eigenvalue weighted by atomic mass is 10.1. The van der Waals surface area contributed by atoms with E-state index in [0.717, 1.165) is 38.9 Å². The fourth-order valence-electron chi connectivity index (χ4n) is 5.04. The fourth-order valence-corrected chi connectivity index (χ4v) is 5.04. The van der Waals surface area contributed by atoms with Crippen molar-refractivity contribution in [3.63, 3.8) is 0 Å². The van der Waals surface area contributed by atoms with E-state index >= 15 is 0 Å². The molecule has 3 heteroatoms. The summed E-state index contributed by atoms with van der Waals surface area (Å²) in [6.07, 6.45) is 48.5. The molecule has 3 nitrogen and oxygen atoms in total. The molecular weight excluding hydrogens is 526 g/mol. The average molecular weight is 602 g/mol. The Morgan fingerprint density at radius 2 is 0.744 bits per heavy atom. The van der Waals surface area contributed by atoms with Gasteiger partial charge in [-0.25, -0.2) is 0 Å². The van der Waals surface area contributed by atoms with E-state index in [4.69, 9.17) is 15.2 Å². The third-order valence-corrected chi connectivity index (χ3v) is 7.84. The van der Waals surface area contributed by atoms with Crippen molar-refractivity contribution in [1.29, 1.82) is 0 Å². The number of unbranched alkanes of at least 4 members (excludes halogenated alkanes) is 18. The van der Waals surface area contributed by atoms with Crippen LogP contribution >= 0.6 is 0 Å².